The highest BCUT2D eigenvalue weighted by atomic mass is 16.4. The van der Waals surface area contributed by atoms with Gasteiger partial charge in [-0.15, -0.1) is 0 Å². The van der Waals surface area contributed by atoms with Gasteiger partial charge in [-0.2, -0.15) is 0 Å². The van der Waals surface area contributed by atoms with Crippen molar-refractivity contribution in [2.75, 3.05) is 19.6 Å². The summed E-state index contributed by atoms with van der Waals surface area (Å²) in [4.78, 5) is 321. The molecule has 0 aliphatic carbocycles. The Morgan fingerprint density at radius 1 is 0.319 bits per heavy atom. The van der Waals surface area contributed by atoms with E-state index >= 15 is 0 Å². The summed E-state index contributed by atoms with van der Waals surface area (Å²) < 4.78 is 0. The zero-order valence-electron chi connectivity index (χ0n) is 79.6. The Labute approximate surface area is 794 Å². The van der Waals surface area contributed by atoms with Gasteiger partial charge in [-0.3, -0.25) is 110 Å². The maximum Gasteiger partial charge on any atom is 0.326 e. The van der Waals surface area contributed by atoms with Crippen molar-refractivity contribution >= 4 is 153 Å². The molecule has 0 radical (unpaired) electrons. The Hall–Kier alpha value is -14.1. The SMILES string of the molecule is CC(C)C[C@H](NC(=O)[C@H](Cc1c[nH]c2ccccc12)NC(=O)CNC(=O)[C@@H](NC(=O)[C@H](CC(C)C)NC(=O)[C@H](CC(=O)O)NC(=O)[C@H](C)NC(=O)[C@@H](NC(=O)[C@H](CC(=O)O)NC(=O)[C@H](CC(C)C)NC(=O)[C@@H](NC(=O)[C@H](C)NC(=O)[C@H](C)NC(=O)CNC(=O)[C@H](C)NC(=O)CNC(=O)[C@H](C)NC(=O)[C@@H](N)[C@@H](C)O)[C@@H](C)O)[C@@H](C)O)C(C)C)C(=O)N[C@@H](CCC(N)=O)C(=O)N[C@@H](CCC(N)=O)C(=O)O. The molecule has 2 aromatic rings. The van der Waals surface area contributed by atoms with Gasteiger partial charge in [0.2, 0.25) is 124 Å². The average Bonchev–Trinajstić information content (AvgIpc) is 1.60. The largest absolute Gasteiger partial charge is 0.481 e. The van der Waals surface area contributed by atoms with Crippen molar-refractivity contribution in [3.8, 4) is 0 Å². The minimum atomic E-state index is -2.14. The van der Waals surface area contributed by atoms with Gasteiger partial charge >= 0.3 is 17.9 Å². The third-order valence-electron chi connectivity index (χ3n) is 20.7. The highest BCUT2D eigenvalue weighted by molar-refractivity contribution is 6.03. The predicted molar refractivity (Wildman–Crippen MR) is 486 cm³/mol. The number of aliphatic hydroxyl groups excluding tert-OH is 3. The minimum Gasteiger partial charge on any atom is -0.481 e. The van der Waals surface area contributed by atoms with E-state index in [9.17, 15) is 146 Å². The van der Waals surface area contributed by atoms with Gasteiger partial charge in [0.15, 0.2) is 0 Å². The van der Waals surface area contributed by atoms with Gasteiger partial charge in [0, 0.05) is 36.4 Å². The number of carbonyl (C=O) groups is 24. The molecule has 138 heavy (non-hydrogen) atoms. The van der Waals surface area contributed by atoms with Crippen LogP contribution in [0.25, 0.3) is 10.9 Å². The van der Waals surface area contributed by atoms with Crippen molar-refractivity contribution in [3.05, 3.63) is 36.0 Å². The van der Waals surface area contributed by atoms with Gasteiger partial charge < -0.3 is 154 Å². The van der Waals surface area contributed by atoms with E-state index in [0.717, 1.165) is 27.7 Å². The van der Waals surface area contributed by atoms with E-state index in [1.807, 2.05) is 0 Å². The van der Waals surface area contributed by atoms with Crippen LogP contribution in [-0.2, 0) is 121 Å². The number of hydrogen-bond donors (Lipinski definition) is 29. The van der Waals surface area contributed by atoms with Crippen molar-refractivity contribution in [2.24, 2.45) is 40.9 Å². The van der Waals surface area contributed by atoms with Gasteiger partial charge in [0.25, 0.3) is 0 Å². The number of para-hydroxylation sites is 1. The fourth-order valence-corrected chi connectivity index (χ4v) is 13.0. The quantitative estimate of drug-likeness (QED) is 0.0292. The summed E-state index contributed by atoms with van der Waals surface area (Å²) in [5.74, 6) is -29.2. The molecule has 53 heteroatoms. The second-order valence-electron chi connectivity index (χ2n) is 34.9. The summed E-state index contributed by atoms with van der Waals surface area (Å²) in [7, 11) is 0. The lowest BCUT2D eigenvalue weighted by atomic mass is 9.99. The number of amides is 21. The van der Waals surface area contributed by atoms with Gasteiger partial charge in [-0.25, -0.2) is 4.79 Å². The molecule has 0 aliphatic heterocycles. The number of rotatable bonds is 61. The van der Waals surface area contributed by atoms with Crippen LogP contribution in [0.4, 0.5) is 0 Å². The normalized spacial score (nSPS) is 15.6. The summed E-state index contributed by atoms with van der Waals surface area (Å²) in [5, 5.41) is 105. The Balaban J connectivity index is 2.27. The first-order valence-corrected chi connectivity index (χ1v) is 44.4. The first kappa shape index (κ1) is 120. The molecule has 2 rings (SSSR count). The van der Waals surface area contributed by atoms with Gasteiger partial charge in [-0.05, 0) is 123 Å². The lowest BCUT2D eigenvalue weighted by molar-refractivity contribution is -0.143. The third-order valence-corrected chi connectivity index (χ3v) is 20.7. The molecule has 0 fully saturated rings. The van der Waals surface area contributed by atoms with Gasteiger partial charge in [0.05, 0.1) is 50.8 Å². The molecule has 20 atom stereocenters. The van der Waals surface area contributed by atoms with Crippen LogP contribution in [0.2, 0.25) is 0 Å². The average molecular weight is 1960 g/mol. The maximum atomic E-state index is 14.6. The number of fused-ring (bicyclic) bond motifs is 1. The first-order chi connectivity index (χ1) is 64.1. The zero-order chi connectivity index (χ0) is 105. The Bertz CT molecular complexity index is 4670. The molecule has 1 aromatic carbocycles. The fraction of sp³-hybridized carbons (Fsp3) is 0.624. The van der Waals surface area contributed by atoms with E-state index in [0.29, 0.717) is 16.5 Å². The smallest absolute Gasteiger partial charge is 0.326 e. The van der Waals surface area contributed by atoms with Crippen molar-refractivity contribution in [3.63, 3.8) is 0 Å². The molecule has 0 saturated heterocycles. The molecule has 1 aromatic heterocycles. The van der Waals surface area contributed by atoms with Crippen molar-refractivity contribution in [2.45, 2.75) is 296 Å². The number of primary amides is 2. The van der Waals surface area contributed by atoms with Crippen molar-refractivity contribution in [1.29, 1.82) is 0 Å². The van der Waals surface area contributed by atoms with Crippen LogP contribution < -0.4 is 118 Å². The molecule has 32 N–H and O–H groups in total. The molecule has 0 unspecified atom stereocenters. The predicted octanol–water partition coefficient (Wildman–Crippen LogP) is -10.3. The third kappa shape index (κ3) is 43.3. The van der Waals surface area contributed by atoms with Crippen LogP contribution in [-0.4, -0.2) is 318 Å². The van der Waals surface area contributed by atoms with Crippen molar-refractivity contribution < 1.29 is 146 Å². The number of carboxylic acids is 3. The number of aromatic nitrogens is 1. The summed E-state index contributed by atoms with van der Waals surface area (Å²) in [5.41, 5.74) is 17.2. The van der Waals surface area contributed by atoms with E-state index < -0.39 is 339 Å². The Morgan fingerprint density at radius 2 is 0.630 bits per heavy atom. The van der Waals surface area contributed by atoms with E-state index in [-0.39, 0.29) is 31.6 Å². The number of hydrogen-bond acceptors (Lipinski definition) is 28. The van der Waals surface area contributed by atoms with Crippen molar-refractivity contribution in [1.82, 2.24) is 106 Å². The lowest BCUT2D eigenvalue weighted by Gasteiger charge is -2.29. The monoisotopic (exact) mass is 1960 g/mol. The highest BCUT2D eigenvalue weighted by Gasteiger charge is 2.41. The van der Waals surface area contributed by atoms with E-state index in [4.69, 9.17) is 17.2 Å². The van der Waals surface area contributed by atoms with E-state index in [1.54, 1.807) is 72.0 Å². The molecule has 0 spiro atoms. The number of nitrogens with one attached hydrogen (secondary N) is 20. The van der Waals surface area contributed by atoms with Crippen LogP contribution in [0.1, 0.15) is 174 Å². The summed E-state index contributed by atoms with van der Waals surface area (Å²) in [6.07, 6.45) is -8.35. The van der Waals surface area contributed by atoms with Crippen LogP contribution in [0.5, 0.6) is 0 Å². The molecule has 0 saturated carbocycles. The van der Waals surface area contributed by atoms with E-state index in [2.05, 4.69) is 106 Å². The number of benzene rings is 1. The standard InChI is InChI=1S/C85H135N23O30/c1-35(2)25-52(75(127)99-50(21-23-58(86)112)74(126)100-51(85(137)138)22-24-59(87)113)102-77(129)55(28-47-31-89-49-20-18-17-19-48(47)49)98-62(116)34-92-82(134)66(38(7)8)106-79(131)54(27-37(5)6)103-78(130)56(29-63(117)118)101-72(124)42(12)97-83(135)67(45(15)110)108-80(132)57(30-64(119)120)104-76(128)53(26-36(3)4)105-84(136)68(46(16)111)107-73(125)43(13)95-71(123)41(11)94-61(115)33-90-69(121)39(9)93-60(114)32-91-70(122)40(10)96-81(133)65(88)44(14)109/h17-20,31,35-46,50-57,65-68,89,109-111H,21-30,32-34,88H2,1-16H3,(H2,86,112)(H2,87,113)(H,90,121)(H,91,122)(H,92,134)(H,93,114)(H,94,115)(H,95,123)(H,96,133)(H,97,135)(H,98,116)(H,99,127)(H,100,126)(H,101,124)(H,102,129)(H,103,130)(H,104,128)(H,105,136)(H,106,131)(H,107,125)(H,108,132)(H,117,118)(H,119,120)(H,137,138)/t39-,40-,41-,42-,43-,44+,45+,46+,50-,51-,52-,53-,54-,55-,56-,57-,65-,66-,67-,68-/m0/s1. The zero-order valence-corrected chi connectivity index (χ0v) is 79.6. The van der Waals surface area contributed by atoms with E-state index in [1.165, 1.54) is 41.5 Å². The fourth-order valence-electron chi connectivity index (χ4n) is 13.0. The maximum absolute atomic E-state index is 14.6. The number of aliphatic carboxylic acids is 3. The lowest BCUT2D eigenvalue weighted by Crippen LogP contribution is -2.62. The topological polar surface area (TPSA) is 853 Å². The molecule has 53 nitrogen and oxygen atoms in total. The number of carboxylic acid groups (broad SMARTS) is 3. The second-order valence-corrected chi connectivity index (χ2v) is 34.9. The number of carbonyl (C=O) groups excluding carboxylic acids is 21. The van der Waals surface area contributed by atoms with Crippen LogP contribution in [0, 0.1) is 23.7 Å². The minimum absolute atomic E-state index is 0.100. The Kier molecular flexibility index (Phi) is 50.7. The molecule has 0 bridgehead atoms. The molecular weight excluding hydrogens is 1820 g/mol. The molecule has 21 amide bonds. The van der Waals surface area contributed by atoms with Gasteiger partial charge in [-0.1, -0.05) is 73.6 Å². The van der Waals surface area contributed by atoms with Crippen LogP contribution in [0.15, 0.2) is 30.5 Å². The van der Waals surface area contributed by atoms with Crippen LogP contribution in [0.3, 0.4) is 0 Å². The number of aromatic amines is 1. The molecule has 1 heterocycles. The number of H-pyrrole nitrogens is 1. The molecule has 0 aliphatic rings. The summed E-state index contributed by atoms with van der Waals surface area (Å²) >= 11 is 0. The van der Waals surface area contributed by atoms with Gasteiger partial charge in [0.1, 0.15) is 103 Å². The number of nitrogens with two attached hydrogens (primary N) is 3. The number of aliphatic hydroxyl groups is 3. The first-order valence-electron chi connectivity index (χ1n) is 44.4. The summed E-state index contributed by atoms with van der Waals surface area (Å²) in [6.45, 7) is 19.7. The molecule has 770 valence electrons. The molecular formula is C85H135N23O30. The Morgan fingerprint density at radius 3 is 1.07 bits per heavy atom. The van der Waals surface area contributed by atoms with Crippen LogP contribution >= 0.6 is 0 Å². The second kappa shape index (κ2) is 58.3. The highest BCUT2D eigenvalue weighted by Crippen LogP contribution is 2.21. The summed E-state index contributed by atoms with van der Waals surface area (Å²) in [6, 6.07) is -20.9.